The quantitative estimate of drug-likeness (QED) is 0.748. The van der Waals surface area contributed by atoms with Crippen LogP contribution in [0, 0.1) is 0 Å². The van der Waals surface area contributed by atoms with Crippen molar-refractivity contribution in [1.82, 2.24) is 4.98 Å². The number of anilines is 1. The fourth-order valence-corrected chi connectivity index (χ4v) is 1.78. The van der Waals surface area contributed by atoms with Crippen molar-refractivity contribution in [2.75, 3.05) is 11.4 Å². The highest BCUT2D eigenvalue weighted by Gasteiger charge is 2.29. The van der Waals surface area contributed by atoms with Gasteiger partial charge in [0.15, 0.2) is 0 Å². The van der Waals surface area contributed by atoms with E-state index in [0.717, 1.165) is 0 Å². The molecule has 0 saturated carbocycles. The molecule has 1 aromatic rings. The number of aromatic nitrogens is 1. The molecule has 74 valence electrons. The van der Waals surface area contributed by atoms with Gasteiger partial charge in [0.1, 0.15) is 0 Å². The number of nitrogens with zero attached hydrogens (tertiary/aromatic N) is 2. The standard InChI is InChI=1S/C9H10ClN3O/c10-7-4-12-2-1-8(7)13-5-6(11)3-9(13)14/h1-2,4,6H,3,5,11H2. The third kappa shape index (κ3) is 1.58. The van der Waals surface area contributed by atoms with Crippen LogP contribution < -0.4 is 10.6 Å². The summed E-state index contributed by atoms with van der Waals surface area (Å²) in [5.74, 6) is 0.0191. The zero-order valence-electron chi connectivity index (χ0n) is 7.48. The van der Waals surface area contributed by atoms with Gasteiger partial charge in [-0.15, -0.1) is 0 Å². The van der Waals surface area contributed by atoms with Crippen molar-refractivity contribution in [3.8, 4) is 0 Å². The zero-order chi connectivity index (χ0) is 10.1. The van der Waals surface area contributed by atoms with E-state index in [9.17, 15) is 4.79 Å². The highest BCUT2D eigenvalue weighted by Crippen LogP contribution is 2.27. The summed E-state index contributed by atoms with van der Waals surface area (Å²) in [5.41, 5.74) is 6.38. The summed E-state index contributed by atoms with van der Waals surface area (Å²) in [6.07, 6.45) is 3.52. The van der Waals surface area contributed by atoms with Gasteiger partial charge in [0.2, 0.25) is 5.91 Å². The molecule has 1 atom stereocenters. The fourth-order valence-electron chi connectivity index (χ4n) is 1.55. The first kappa shape index (κ1) is 9.43. The average Bonchev–Trinajstić information content (AvgIpc) is 2.46. The minimum atomic E-state index is -0.0910. The molecular weight excluding hydrogens is 202 g/mol. The number of amides is 1. The maximum absolute atomic E-state index is 11.5. The van der Waals surface area contributed by atoms with Crippen molar-refractivity contribution in [2.45, 2.75) is 12.5 Å². The molecule has 2 rings (SSSR count). The summed E-state index contributed by atoms with van der Waals surface area (Å²) in [4.78, 5) is 17.0. The number of rotatable bonds is 1. The number of halogens is 1. The first-order valence-corrected chi connectivity index (χ1v) is 4.71. The van der Waals surface area contributed by atoms with Gasteiger partial charge in [-0.3, -0.25) is 9.78 Å². The van der Waals surface area contributed by atoms with E-state index in [1.54, 1.807) is 17.2 Å². The van der Waals surface area contributed by atoms with E-state index in [1.165, 1.54) is 6.20 Å². The monoisotopic (exact) mass is 211 g/mol. The molecule has 0 spiro atoms. The van der Waals surface area contributed by atoms with Crippen LogP contribution in [0.1, 0.15) is 6.42 Å². The molecule has 1 unspecified atom stereocenters. The zero-order valence-corrected chi connectivity index (χ0v) is 8.24. The number of nitrogens with two attached hydrogens (primary N) is 1. The van der Waals surface area contributed by atoms with E-state index >= 15 is 0 Å². The van der Waals surface area contributed by atoms with Crippen LogP contribution in [0.5, 0.6) is 0 Å². The van der Waals surface area contributed by atoms with Crippen LogP contribution in [0.25, 0.3) is 0 Å². The molecule has 5 heteroatoms. The van der Waals surface area contributed by atoms with Crippen molar-refractivity contribution in [3.05, 3.63) is 23.5 Å². The van der Waals surface area contributed by atoms with Crippen LogP contribution in [-0.4, -0.2) is 23.5 Å². The molecular formula is C9H10ClN3O. The van der Waals surface area contributed by atoms with Crippen molar-refractivity contribution in [2.24, 2.45) is 5.73 Å². The molecule has 14 heavy (non-hydrogen) atoms. The first-order valence-electron chi connectivity index (χ1n) is 4.34. The molecule has 1 aliphatic rings. The van der Waals surface area contributed by atoms with Crippen molar-refractivity contribution in [1.29, 1.82) is 0 Å². The van der Waals surface area contributed by atoms with E-state index in [-0.39, 0.29) is 11.9 Å². The summed E-state index contributed by atoms with van der Waals surface area (Å²) >= 11 is 5.92. The molecule has 1 amide bonds. The molecule has 0 aromatic carbocycles. The molecule has 1 aromatic heterocycles. The maximum Gasteiger partial charge on any atom is 0.228 e. The lowest BCUT2D eigenvalue weighted by Crippen LogP contribution is -2.28. The van der Waals surface area contributed by atoms with Crippen LogP contribution in [-0.2, 0) is 4.79 Å². The van der Waals surface area contributed by atoms with Gasteiger partial charge in [-0.05, 0) is 6.07 Å². The van der Waals surface area contributed by atoms with Crippen LogP contribution in [0.2, 0.25) is 5.02 Å². The lowest BCUT2D eigenvalue weighted by molar-refractivity contribution is -0.117. The van der Waals surface area contributed by atoms with Crippen molar-refractivity contribution >= 4 is 23.2 Å². The Morgan fingerprint density at radius 3 is 3.00 bits per heavy atom. The summed E-state index contributed by atoms with van der Waals surface area (Å²) in [7, 11) is 0. The molecule has 0 radical (unpaired) electrons. The molecule has 4 nitrogen and oxygen atoms in total. The second kappa shape index (κ2) is 3.55. The van der Waals surface area contributed by atoms with Crippen molar-refractivity contribution < 1.29 is 4.79 Å². The topological polar surface area (TPSA) is 59.2 Å². The average molecular weight is 212 g/mol. The van der Waals surface area contributed by atoms with E-state index < -0.39 is 0 Å². The van der Waals surface area contributed by atoms with Gasteiger partial charge in [0.05, 0.1) is 10.7 Å². The SMILES string of the molecule is NC1CC(=O)N(c2ccncc2Cl)C1. The minimum absolute atomic E-state index is 0.0191. The number of carbonyl (C=O) groups excluding carboxylic acids is 1. The third-order valence-electron chi connectivity index (χ3n) is 2.20. The molecule has 1 fully saturated rings. The predicted octanol–water partition coefficient (Wildman–Crippen LogP) is 0.799. The van der Waals surface area contributed by atoms with Gasteiger partial charge in [0, 0.05) is 31.4 Å². The molecule has 2 heterocycles. The number of hydrogen-bond donors (Lipinski definition) is 1. The van der Waals surface area contributed by atoms with Gasteiger partial charge in [-0.25, -0.2) is 0 Å². The Hall–Kier alpha value is -1.13. The highest BCUT2D eigenvalue weighted by molar-refractivity contribution is 6.33. The first-order chi connectivity index (χ1) is 6.68. The van der Waals surface area contributed by atoms with Gasteiger partial charge in [-0.1, -0.05) is 11.6 Å². The van der Waals surface area contributed by atoms with Crippen LogP contribution in [0.15, 0.2) is 18.5 Å². The second-order valence-electron chi connectivity index (χ2n) is 3.30. The van der Waals surface area contributed by atoms with Gasteiger partial charge < -0.3 is 10.6 Å². The Balaban J connectivity index is 2.32. The summed E-state index contributed by atoms with van der Waals surface area (Å²) < 4.78 is 0. The highest BCUT2D eigenvalue weighted by atomic mass is 35.5. The molecule has 2 N–H and O–H groups in total. The van der Waals surface area contributed by atoms with Gasteiger partial charge >= 0.3 is 0 Å². The van der Waals surface area contributed by atoms with E-state index in [0.29, 0.717) is 23.7 Å². The molecule has 0 bridgehead atoms. The van der Waals surface area contributed by atoms with Crippen LogP contribution in [0.4, 0.5) is 5.69 Å². The largest absolute Gasteiger partial charge is 0.326 e. The Labute approximate surface area is 86.7 Å². The Morgan fingerprint density at radius 1 is 1.64 bits per heavy atom. The number of hydrogen-bond acceptors (Lipinski definition) is 3. The minimum Gasteiger partial charge on any atom is -0.326 e. The van der Waals surface area contributed by atoms with Crippen LogP contribution >= 0.6 is 11.6 Å². The van der Waals surface area contributed by atoms with E-state index in [1.807, 2.05) is 0 Å². The van der Waals surface area contributed by atoms with Gasteiger partial charge in [0.25, 0.3) is 0 Å². The molecule has 0 aliphatic carbocycles. The summed E-state index contributed by atoms with van der Waals surface area (Å²) in [5, 5.41) is 0.481. The number of carbonyl (C=O) groups is 1. The summed E-state index contributed by atoms with van der Waals surface area (Å²) in [6, 6.07) is 1.63. The lowest BCUT2D eigenvalue weighted by Gasteiger charge is -2.16. The third-order valence-corrected chi connectivity index (χ3v) is 2.49. The Bertz CT molecular complexity index is 369. The second-order valence-corrected chi connectivity index (χ2v) is 3.70. The molecule has 1 aliphatic heterocycles. The predicted molar refractivity (Wildman–Crippen MR) is 54.2 cm³/mol. The van der Waals surface area contributed by atoms with Crippen molar-refractivity contribution in [3.63, 3.8) is 0 Å². The lowest BCUT2D eigenvalue weighted by atomic mass is 10.3. The molecule has 1 saturated heterocycles. The van der Waals surface area contributed by atoms with Gasteiger partial charge in [-0.2, -0.15) is 0 Å². The fraction of sp³-hybridized carbons (Fsp3) is 0.333. The maximum atomic E-state index is 11.5. The smallest absolute Gasteiger partial charge is 0.228 e. The van der Waals surface area contributed by atoms with E-state index in [4.69, 9.17) is 17.3 Å². The van der Waals surface area contributed by atoms with Crippen LogP contribution in [0.3, 0.4) is 0 Å². The van der Waals surface area contributed by atoms with E-state index in [2.05, 4.69) is 4.98 Å². The normalized spacial score (nSPS) is 21.7. The summed E-state index contributed by atoms with van der Waals surface area (Å²) in [6.45, 7) is 0.530. The number of pyridine rings is 1. The Morgan fingerprint density at radius 2 is 2.43 bits per heavy atom. The Kier molecular flexibility index (Phi) is 2.39.